The minimum absolute atomic E-state index is 0.0576. The zero-order valence-electron chi connectivity index (χ0n) is 26.5. The number of hydrogen-bond acceptors (Lipinski definition) is 8. The normalized spacial score (nSPS) is 16.8. The molecule has 2 aliphatic heterocycles. The lowest BCUT2D eigenvalue weighted by Gasteiger charge is -2.43. The van der Waals surface area contributed by atoms with Gasteiger partial charge in [0.05, 0.1) is 44.2 Å². The second-order valence-electron chi connectivity index (χ2n) is 12.2. The van der Waals surface area contributed by atoms with Crippen molar-refractivity contribution in [1.29, 1.82) is 0 Å². The lowest BCUT2D eigenvalue weighted by Crippen LogP contribution is -2.66. The molecule has 0 radical (unpaired) electrons. The maximum atomic E-state index is 13.2. The van der Waals surface area contributed by atoms with Crippen LogP contribution in [0.5, 0.6) is 5.75 Å². The van der Waals surface area contributed by atoms with E-state index in [0.717, 1.165) is 4.90 Å². The van der Waals surface area contributed by atoms with Crippen LogP contribution in [-0.2, 0) is 23.5 Å². The number of nitrogens with zero attached hydrogens (tertiary/aromatic N) is 1. The quantitative estimate of drug-likeness (QED) is 0.162. The largest absolute Gasteiger partial charge is 0.490 e. The number of nitrogens with one attached hydrogen (secondary N) is 1. The number of carbonyl (C=O) groups is 4. The van der Waals surface area contributed by atoms with Gasteiger partial charge >= 0.3 is 0 Å². The van der Waals surface area contributed by atoms with Crippen LogP contribution in [0.2, 0.25) is 5.04 Å². The fourth-order valence-corrected chi connectivity index (χ4v) is 10.7. The van der Waals surface area contributed by atoms with Crippen molar-refractivity contribution in [3.8, 4) is 5.75 Å². The van der Waals surface area contributed by atoms with E-state index in [2.05, 4.69) is 74.6 Å². The Labute approximate surface area is 270 Å². The Hall–Kier alpha value is -4.16. The molecule has 1 unspecified atom stereocenters. The molecule has 1 saturated heterocycles. The Balaban J connectivity index is 1.07. The van der Waals surface area contributed by atoms with Crippen LogP contribution in [0.15, 0.2) is 78.9 Å². The van der Waals surface area contributed by atoms with Crippen molar-refractivity contribution in [1.82, 2.24) is 10.2 Å². The van der Waals surface area contributed by atoms with Crippen LogP contribution in [0.4, 0.5) is 0 Å². The van der Waals surface area contributed by atoms with Gasteiger partial charge in [0.2, 0.25) is 11.8 Å². The van der Waals surface area contributed by atoms with Crippen molar-refractivity contribution in [2.75, 3.05) is 39.6 Å². The molecule has 2 aliphatic rings. The maximum Gasteiger partial charge on any atom is 0.266 e. The van der Waals surface area contributed by atoms with Gasteiger partial charge in [0.15, 0.2) is 0 Å². The van der Waals surface area contributed by atoms with Gasteiger partial charge in [-0.2, -0.15) is 0 Å². The van der Waals surface area contributed by atoms with Crippen molar-refractivity contribution in [2.24, 2.45) is 0 Å². The van der Waals surface area contributed by atoms with E-state index in [0.29, 0.717) is 26.4 Å². The molecule has 46 heavy (non-hydrogen) atoms. The predicted octanol–water partition coefficient (Wildman–Crippen LogP) is 3.08. The molecule has 0 saturated carbocycles. The third-order valence-corrected chi connectivity index (χ3v) is 13.3. The summed E-state index contributed by atoms with van der Waals surface area (Å²) in [5.41, 5.74) is 0.281. The molecular formula is C35H40N2O8Si. The van der Waals surface area contributed by atoms with Gasteiger partial charge in [-0.15, -0.1) is 0 Å². The summed E-state index contributed by atoms with van der Waals surface area (Å²) < 4.78 is 24.2. The molecule has 0 aromatic heterocycles. The van der Waals surface area contributed by atoms with Crippen LogP contribution in [0.1, 0.15) is 54.3 Å². The van der Waals surface area contributed by atoms with Crippen molar-refractivity contribution in [2.45, 2.75) is 44.7 Å². The third kappa shape index (κ3) is 6.82. The van der Waals surface area contributed by atoms with E-state index in [9.17, 15) is 19.2 Å². The summed E-state index contributed by atoms with van der Waals surface area (Å²) in [6.07, 6.45) is 0.149. The van der Waals surface area contributed by atoms with E-state index < -0.39 is 38.0 Å². The molecule has 0 bridgehead atoms. The fourth-order valence-electron chi connectivity index (χ4n) is 6.15. The van der Waals surface area contributed by atoms with Gasteiger partial charge in [0.1, 0.15) is 18.4 Å². The average molecular weight is 645 g/mol. The first kappa shape index (κ1) is 33.2. The maximum absolute atomic E-state index is 13.2. The summed E-state index contributed by atoms with van der Waals surface area (Å²) in [5, 5.41) is 4.52. The van der Waals surface area contributed by atoms with Crippen LogP contribution < -0.4 is 20.4 Å². The molecule has 0 aliphatic carbocycles. The van der Waals surface area contributed by atoms with Gasteiger partial charge in [-0.05, 0) is 34.0 Å². The zero-order chi connectivity index (χ0) is 32.7. The third-order valence-electron chi connectivity index (χ3n) is 8.25. The van der Waals surface area contributed by atoms with E-state index >= 15 is 0 Å². The molecule has 3 aromatic rings. The Bertz CT molecular complexity index is 1520. The molecule has 242 valence electrons. The van der Waals surface area contributed by atoms with Crippen molar-refractivity contribution in [3.63, 3.8) is 0 Å². The standard InChI is InChI=1S/C35H40N2O8Si/c1-35(2,3)46(25-11-6-4-7-12-25,26-13-8-5-9-14-26)45-24-22-43-20-19-42-21-23-44-29-16-10-15-27-31(29)34(41)37(33(27)40)28-17-18-30(38)36-32(28)39/h4-16,28H,17-24H2,1-3H3,(H,36,38,39). The first-order valence-electron chi connectivity index (χ1n) is 15.5. The highest BCUT2D eigenvalue weighted by atomic mass is 28.4. The molecule has 2 heterocycles. The molecule has 1 N–H and O–H groups in total. The number of imide groups is 2. The molecule has 3 aromatic carbocycles. The highest BCUT2D eigenvalue weighted by molar-refractivity contribution is 6.99. The first-order chi connectivity index (χ1) is 22.1. The van der Waals surface area contributed by atoms with Crippen LogP contribution in [0.3, 0.4) is 0 Å². The van der Waals surface area contributed by atoms with E-state index in [1.54, 1.807) is 12.1 Å². The van der Waals surface area contributed by atoms with Gasteiger partial charge in [0.25, 0.3) is 20.1 Å². The topological polar surface area (TPSA) is 120 Å². The molecule has 11 heteroatoms. The summed E-state index contributed by atoms with van der Waals surface area (Å²) >= 11 is 0. The number of benzene rings is 3. The number of hydrogen-bond donors (Lipinski definition) is 1. The summed E-state index contributed by atoms with van der Waals surface area (Å²) in [6, 6.07) is 24.6. The molecule has 10 nitrogen and oxygen atoms in total. The Morgan fingerprint density at radius 3 is 1.91 bits per heavy atom. The number of piperidine rings is 1. The number of rotatable bonds is 14. The molecule has 5 rings (SSSR count). The SMILES string of the molecule is CC(C)(C)[Si](OCCOCCOCCOc1cccc2c1C(=O)N(C1CCC(=O)NC1=O)C2=O)(c1ccccc1)c1ccccc1. The average Bonchev–Trinajstić information content (AvgIpc) is 3.30. The number of ether oxygens (including phenoxy) is 3. The molecule has 1 fully saturated rings. The number of amides is 4. The Kier molecular flexibility index (Phi) is 10.5. The van der Waals surface area contributed by atoms with Gasteiger partial charge in [-0.1, -0.05) is 87.5 Å². The van der Waals surface area contributed by atoms with E-state index in [-0.39, 0.29) is 48.0 Å². The van der Waals surface area contributed by atoms with E-state index in [1.165, 1.54) is 16.4 Å². The van der Waals surface area contributed by atoms with Crippen LogP contribution >= 0.6 is 0 Å². The summed E-state index contributed by atoms with van der Waals surface area (Å²) in [7, 11) is -2.61. The summed E-state index contributed by atoms with van der Waals surface area (Å²) in [6.45, 7) is 8.68. The van der Waals surface area contributed by atoms with Crippen molar-refractivity contribution >= 4 is 42.3 Å². The van der Waals surface area contributed by atoms with Gasteiger partial charge < -0.3 is 18.6 Å². The molecule has 1 atom stereocenters. The van der Waals surface area contributed by atoms with Crippen LogP contribution in [-0.4, -0.2) is 82.5 Å². The lowest BCUT2D eigenvalue weighted by atomic mass is 10.0. The van der Waals surface area contributed by atoms with E-state index in [1.807, 2.05) is 12.1 Å². The fraction of sp³-hybridized carbons (Fsp3) is 0.371. The zero-order valence-corrected chi connectivity index (χ0v) is 27.5. The van der Waals surface area contributed by atoms with Gasteiger partial charge in [-0.3, -0.25) is 29.4 Å². The number of fused-ring (bicyclic) bond motifs is 1. The monoisotopic (exact) mass is 644 g/mol. The minimum Gasteiger partial charge on any atom is -0.490 e. The molecule has 4 amide bonds. The first-order valence-corrected chi connectivity index (χ1v) is 17.4. The lowest BCUT2D eigenvalue weighted by molar-refractivity contribution is -0.136. The second-order valence-corrected chi connectivity index (χ2v) is 16.5. The van der Waals surface area contributed by atoms with Gasteiger partial charge in [0, 0.05) is 6.42 Å². The van der Waals surface area contributed by atoms with E-state index in [4.69, 9.17) is 18.6 Å². The van der Waals surface area contributed by atoms with Crippen molar-refractivity contribution in [3.05, 3.63) is 90.0 Å². The molecule has 0 spiro atoms. The predicted molar refractivity (Wildman–Crippen MR) is 174 cm³/mol. The summed E-state index contributed by atoms with van der Waals surface area (Å²) in [5.74, 6) is -2.02. The molecular weight excluding hydrogens is 604 g/mol. The Morgan fingerprint density at radius 2 is 1.33 bits per heavy atom. The second kappa shape index (κ2) is 14.5. The smallest absolute Gasteiger partial charge is 0.266 e. The highest BCUT2D eigenvalue weighted by Crippen LogP contribution is 2.37. The van der Waals surface area contributed by atoms with Crippen molar-refractivity contribution < 1.29 is 37.8 Å². The van der Waals surface area contributed by atoms with Crippen LogP contribution in [0.25, 0.3) is 0 Å². The minimum atomic E-state index is -2.61. The highest BCUT2D eigenvalue weighted by Gasteiger charge is 2.50. The number of carbonyl (C=O) groups excluding carboxylic acids is 4. The Morgan fingerprint density at radius 1 is 0.739 bits per heavy atom. The summed E-state index contributed by atoms with van der Waals surface area (Å²) in [4.78, 5) is 51.0. The van der Waals surface area contributed by atoms with Crippen LogP contribution in [0, 0.1) is 0 Å². The van der Waals surface area contributed by atoms with Gasteiger partial charge in [-0.25, -0.2) is 0 Å².